The van der Waals surface area contributed by atoms with E-state index in [-0.39, 0.29) is 5.91 Å². The number of hydrogen-bond acceptors (Lipinski definition) is 3. The van der Waals surface area contributed by atoms with Crippen LogP contribution in [0.2, 0.25) is 0 Å². The molecule has 0 unspecified atom stereocenters. The van der Waals surface area contributed by atoms with Crippen molar-refractivity contribution in [3.63, 3.8) is 0 Å². The molecule has 0 radical (unpaired) electrons. The molecule has 0 spiro atoms. The average Bonchev–Trinajstić information content (AvgIpc) is 2.70. The topological polar surface area (TPSA) is 66.4 Å². The summed E-state index contributed by atoms with van der Waals surface area (Å²) < 4.78 is 0. The molecular formula is C25H35NO3S. The number of carboxylic acids is 1. The number of rotatable bonds is 13. The van der Waals surface area contributed by atoms with Crippen molar-refractivity contribution in [2.45, 2.75) is 59.4 Å². The highest BCUT2D eigenvalue weighted by Gasteiger charge is 2.20. The first kappa shape index (κ1) is 25.8. The molecule has 4 nitrogen and oxygen atoms in total. The van der Waals surface area contributed by atoms with Crippen molar-refractivity contribution in [1.29, 1.82) is 0 Å². The fourth-order valence-corrected chi connectivity index (χ4v) is 3.73. The third-order valence-electron chi connectivity index (χ3n) is 4.60. The van der Waals surface area contributed by atoms with Crippen molar-refractivity contribution in [3.8, 4) is 0 Å². The zero-order valence-corrected chi connectivity index (χ0v) is 19.4. The summed E-state index contributed by atoms with van der Waals surface area (Å²) >= 11 is 1.51. The van der Waals surface area contributed by atoms with Gasteiger partial charge in [0.05, 0.1) is 0 Å². The second-order valence-corrected chi connectivity index (χ2v) is 8.80. The Balaban J connectivity index is 2.35. The van der Waals surface area contributed by atoms with E-state index in [4.69, 9.17) is 0 Å². The molecule has 0 aromatic heterocycles. The normalized spacial score (nSPS) is 12.9. The minimum atomic E-state index is -1.01. The van der Waals surface area contributed by atoms with Crippen LogP contribution in [-0.4, -0.2) is 34.5 Å². The number of nitrogens with one attached hydrogen (secondary N) is 1. The number of allylic oxidation sites excluding steroid dienone is 5. The first-order chi connectivity index (χ1) is 14.3. The summed E-state index contributed by atoms with van der Waals surface area (Å²) in [6, 6.07) is 7.77. The van der Waals surface area contributed by atoms with Crippen LogP contribution in [0.25, 0.3) is 0 Å². The highest BCUT2D eigenvalue weighted by Crippen LogP contribution is 2.13. The summed E-state index contributed by atoms with van der Waals surface area (Å²) in [6.45, 7) is 8.55. The van der Waals surface area contributed by atoms with Gasteiger partial charge in [0.2, 0.25) is 0 Å². The predicted molar refractivity (Wildman–Crippen MR) is 128 cm³/mol. The lowest BCUT2D eigenvalue weighted by molar-refractivity contribution is -0.138. The van der Waals surface area contributed by atoms with Gasteiger partial charge < -0.3 is 10.4 Å². The average molecular weight is 430 g/mol. The van der Waals surface area contributed by atoms with E-state index in [0.717, 1.165) is 31.4 Å². The maximum absolute atomic E-state index is 12.2. The van der Waals surface area contributed by atoms with Crippen molar-refractivity contribution < 1.29 is 14.7 Å². The number of carbonyl (C=O) groups excluding carboxylic acids is 1. The van der Waals surface area contributed by atoms with Crippen molar-refractivity contribution in [2.24, 2.45) is 0 Å². The second-order valence-electron chi connectivity index (χ2n) is 7.73. The molecule has 30 heavy (non-hydrogen) atoms. The Labute approximate surface area is 185 Å². The van der Waals surface area contributed by atoms with E-state index in [1.165, 1.54) is 28.5 Å². The molecule has 5 heteroatoms. The Morgan fingerprint density at radius 3 is 2.17 bits per heavy atom. The van der Waals surface area contributed by atoms with Gasteiger partial charge in [0.1, 0.15) is 6.04 Å². The molecule has 0 aliphatic rings. The van der Waals surface area contributed by atoms with Gasteiger partial charge in [0.25, 0.3) is 5.91 Å². The fourth-order valence-electron chi connectivity index (χ4n) is 2.73. The van der Waals surface area contributed by atoms with Crippen LogP contribution in [-0.2, 0) is 4.79 Å². The molecule has 0 aliphatic carbocycles. The number of thioether (sulfide) groups is 1. The second kappa shape index (κ2) is 14.7. The largest absolute Gasteiger partial charge is 0.480 e. The van der Waals surface area contributed by atoms with Crippen LogP contribution in [0.4, 0.5) is 0 Å². The molecule has 0 saturated carbocycles. The quantitative estimate of drug-likeness (QED) is 0.297. The van der Waals surface area contributed by atoms with Crippen molar-refractivity contribution in [2.75, 3.05) is 11.5 Å². The van der Waals surface area contributed by atoms with Crippen LogP contribution in [0.1, 0.15) is 63.7 Å². The molecule has 164 valence electrons. The monoisotopic (exact) mass is 429 g/mol. The summed E-state index contributed by atoms with van der Waals surface area (Å²) in [7, 11) is 0. The minimum absolute atomic E-state index is 0.334. The third kappa shape index (κ3) is 11.7. The number of benzene rings is 1. The molecule has 0 bridgehead atoms. The molecule has 1 aromatic rings. The molecule has 2 N–H and O–H groups in total. The molecular weight excluding hydrogens is 394 g/mol. The molecule has 0 saturated heterocycles. The summed E-state index contributed by atoms with van der Waals surface area (Å²) in [5.74, 6) is -0.301. The third-order valence-corrected chi connectivity index (χ3v) is 5.57. The lowest BCUT2D eigenvalue weighted by Crippen LogP contribution is -2.42. The number of hydrogen-bond donors (Lipinski definition) is 2. The lowest BCUT2D eigenvalue weighted by atomic mass is 10.1. The van der Waals surface area contributed by atoms with E-state index in [1.54, 1.807) is 24.3 Å². The maximum atomic E-state index is 12.2. The molecule has 1 atom stereocenters. The minimum Gasteiger partial charge on any atom is -0.480 e. The number of carbonyl (C=O) groups is 2. The van der Waals surface area contributed by atoms with Crippen molar-refractivity contribution >= 4 is 23.6 Å². The van der Waals surface area contributed by atoms with E-state index in [0.29, 0.717) is 11.3 Å². The smallest absolute Gasteiger partial charge is 0.327 e. The van der Waals surface area contributed by atoms with Gasteiger partial charge in [-0.05, 0) is 65.5 Å². The molecule has 0 fully saturated rings. The van der Waals surface area contributed by atoms with Crippen molar-refractivity contribution in [1.82, 2.24) is 5.32 Å². The summed E-state index contributed by atoms with van der Waals surface area (Å²) in [4.78, 5) is 23.6. The van der Waals surface area contributed by atoms with E-state index < -0.39 is 12.0 Å². The maximum Gasteiger partial charge on any atom is 0.327 e. The Bertz CT molecular complexity index is 762. The van der Waals surface area contributed by atoms with E-state index >= 15 is 0 Å². The zero-order valence-electron chi connectivity index (χ0n) is 18.6. The van der Waals surface area contributed by atoms with Gasteiger partial charge in [-0.15, -0.1) is 0 Å². The van der Waals surface area contributed by atoms with Crippen LogP contribution in [0, 0.1) is 0 Å². The summed E-state index contributed by atoms with van der Waals surface area (Å²) in [5, 5.41) is 12.0. The Hall–Kier alpha value is -2.27. The first-order valence-electron chi connectivity index (χ1n) is 10.4. The van der Waals surface area contributed by atoms with Gasteiger partial charge in [-0.1, -0.05) is 53.1 Å². The van der Waals surface area contributed by atoms with Gasteiger partial charge in [-0.25, -0.2) is 4.79 Å². The molecule has 1 amide bonds. The van der Waals surface area contributed by atoms with Gasteiger partial charge in [0, 0.05) is 17.1 Å². The summed E-state index contributed by atoms with van der Waals surface area (Å²) in [6.07, 6.45) is 11.0. The summed E-state index contributed by atoms with van der Waals surface area (Å²) in [5.41, 5.74) is 4.56. The highest BCUT2D eigenvalue weighted by molar-refractivity contribution is 7.99. The van der Waals surface area contributed by atoms with Gasteiger partial charge >= 0.3 is 5.97 Å². The molecule has 1 aromatic carbocycles. The van der Waals surface area contributed by atoms with Gasteiger partial charge in [0.15, 0.2) is 0 Å². The Morgan fingerprint density at radius 1 is 0.967 bits per heavy atom. The zero-order chi connectivity index (χ0) is 22.4. The van der Waals surface area contributed by atoms with Crippen molar-refractivity contribution in [3.05, 3.63) is 70.8 Å². The van der Waals surface area contributed by atoms with E-state index in [1.807, 2.05) is 6.07 Å². The Kier molecular flexibility index (Phi) is 12.6. The lowest BCUT2D eigenvalue weighted by Gasteiger charge is -2.14. The van der Waals surface area contributed by atoms with Crippen LogP contribution in [0.3, 0.4) is 0 Å². The predicted octanol–water partition coefficient (Wildman–Crippen LogP) is 6.02. The van der Waals surface area contributed by atoms with Gasteiger partial charge in [-0.3, -0.25) is 4.79 Å². The fraction of sp³-hybridized carbons (Fsp3) is 0.440. The SMILES string of the molecule is CC(C)=CCC/C(C)=C/CC/C(C)=C/CSC[C@H](NC(=O)c1ccccc1)C(=O)O. The molecule has 0 aliphatic heterocycles. The Morgan fingerprint density at radius 2 is 1.57 bits per heavy atom. The van der Waals surface area contributed by atoms with Gasteiger partial charge in [-0.2, -0.15) is 11.8 Å². The molecule has 0 heterocycles. The standard InChI is InChI=1S/C25H35NO3S/c1-19(2)10-8-11-20(3)12-9-13-21(4)16-17-30-18-23(25(28)29)26-24(27)22-14-6-5-7-15-22/h5-7,10,12,14-16,23H,8-9,11,13,17-18H2,1-4H3,(H,26,27)(H,28,29)/b20-12+,21-16+/t23-/m0/s1. The number of carboxylic acid groups (broad SMARTS) is 1. The van der Waals surface area contributed by atoms with Crippen LogP contribution < -0.4 is 5.32 Å². The highest BCUT2D eigenvalue weighted by atomic mass is 32.2. The van der Waals surface area contributed by atoms with E-state index in [2.05, 4.69) is 51.2 Å². The van der Waals surface area contributed by atoms with Crippen LogP contribution >= 0.6 is 11.8 Å². The first-order valence-corrected chi connectivity index (χ1v) is 11.6. The molecule has 1 rings (SSSR count). The van der Waals surface area contributed by atoms with E-state index in [9.17, 15) is 14.7 Å². The van der Waals surface area contributed by atoms with Crippen LogP contribution in [0.5, 0.6) is 0 Å². The number of amides is 1. The van der Waals surface area contributed by atoms with Crippen LogP contribution in [0.15, 0.2) is 65.3 Å². The number of aliphatic carboxylic acids is 1.